The van der Waals surface area contributed by atoms with Crippen LogP contribution < -0.4 is 14.8 Å². The molecule has 0 heterocycles. The van der Waals surface area contributed by atoms with Crippen molar-refractivity contribution in [3.63, 3.8) is 0 Å². The maximum atomic E-state index is 14.0. The van der Waals surface area contributed by atoms with E-state index in [9.17, 15) is 18.8 Å². The first-order valence-corrected chi connectivity index (χ1v) is 11.2. The maximum Gasteiger partial charge on any atom is 0.394 e. The third-order valence-electron chi connectivity index (χ3n) is 5.52. The number of anilines is 1. The molecular formula is C25H18Cl2FNO6. The molecule has 1 amide bonds. The van der Waals surface area contributed by atoms with Gasteiger partial charge in [-0.3, -0.25) is 9.59 Å². The van der Waals surface area contributed by atoms with Crippen LogP contribution in [0.2, 0.25) is 10.0 Å². The van der Waals surface area contributed by atoms with Crippen LogP contribution in [0.3, 0.4) is 0 Å². The molecule has 0 saturated heterocycles. The van der Waals surface area contributed by atoms with Crippen molar-refractivity contribution in [1.82, 2.24) is 0 Å². The molecule has 0 unspecified atom stereocenters. The van der Waals surface area contributed by atoms with Gasteiger partial charge < -0.3 is 19.9 Å². The number of ether oxygens (including phenoxy) is 2. The van der Waals surface area contributed by atoms with Gasteiger partial charge in [-0.1, -0.05) is 23.2 Å². The molecule has 2 N–H and O–H groups in total. The summed E-state index contributed by atoms with van der Waals surface area (Å²) in [6.45, 7) is 0. The van der Waals surface area contributed by atoms with Crippen molar-refractivity contribution in [2.75, 3.05) is 12.4 Å². The third-order valence-corrected chi connectivity index (χ3v) is 6.08. The molecule has 0 radical (unpaired) electrons. The van der Waals surface area contributed by atoms with Crippen LogP contribution >= 0.6 is 23.2 Å². The summed E-state index contributed by atoms with van der Waals surface area (Å²) in [5.74, 6) is -2.98. The quantitative estimate of drug-likeness (QED) is 0.322. The van der Waals surface area contributed by atoms with E-state index in [4.69, 9.17) is 37.8 Å². The summed E-state index contributed by atoms with van der Waals surface area (Å²) in [5, 5.41) is 11.0. The number of carbonyl (C=O) groups is 3. The number of halogens is 3. The minimum atomic E-state index is -1.65. The lowest BCUT2D eigenvalue weighted by Crippen LogP contribution is -2.21. The molecule has 4 rings (SSSR count). The summed E-state index contributed by atoms with van der Waals surface area (Å²) in [6.07, 6.45) is 2.09. The monoisotopic (exact) mass is 517 g/mol. The van der Waals surface area contributed by atoms with Crippen molar-refractivity contribution in [1.29, 1.82) is 0 Å². The molecular weight excluding hydrogens is 500 g/mol. The summed E-state index contributed by atoms with van der Waals surface area (Å²) >= 11 is 12.6. The van der Waals surface area contributed by atoms with Crippen LogP contribution in [-0.2, 0) is 22.4 Å². The molecule has 0 spiro atoms. The molecule has 10 heteroatoms. The SMILES string of the molecule is COc1cc(F)cc(C(=O)c2ccc(Oc3c(Cl)cc(NC(=O)C(=O)O)cc3Cl)c3c2CCC3)c1. The van der Waals surface area contributed by atoms with Crippen LogP contribution in [-0.4, -0.2) is 29.9 Å². The Morgan fingerprint density at radius 1 is 1.00 bits per heavy atom. The highest BCUT2D eigenvalue weighted by Gasteiger charge is 2.25. The van der Waals surface area contributed by atoms with E-state index in [1.165, 1.54) is 37.4 Å². The smallest absolute Gasteiger partial charge is 0.394 e. The Bertz CT molecular complexity index is 1350. The summed E-state index contributed by atoms with van der Waals surface area (Å²) in [7, 11) is 1.40. The summed E-state index contributed by atoms with van der Waals surface area (Å²) in [6, 6.07) is 9.73. The Hall–Kier alpha value is -3.62. The average Bonchev–Trinajstić information content (AvgIpc) is 3.30. The highest BCUT2D eigenvalue weighted by Crippen LogP contribution is 2.42. The number of hydrogen-bond donors (Lipinski definition) is 2. The van der Waals surface area contributed by atoms with E-state index in [-0.39, 0.29) is 38.6 Å². The van der Waals surface area contributed by atoms with Crippen molar-refractivity contribution in [3.05, 3.63) is 80.6 Å². The second-order valence-electron chi connectivity index (χ2n) is 7.76. The van der Waals surface area contributed by atoms with Crippen molar-refractivity contribution in [3.8, 4) is 17.2 Å². The van der Waals surface area contributed by atoms with Crippen molar-refractivity contribution in [2.24, 2.45) is 0 Å². The predicted molar refractivity (Wildman–Crippen MR) is 128 cm³/mol. The van der Waals surface area contributed by atoms with Gasteiger partial charge in [0.1, 0.15) is 17.3 Å². The van der Waals surface area contributed by atoms with E-state index in [0.29, 0.717) is 24.2 Å². The third kappa shape index (κ3) is 5.08. The molecule has 0 aromatic heterocycles. The van der Waals surface area contributed by atoms with Gasteiger partial charge in [0.2, 0.25) is 0 Å². The van der Waals surface area contributed by atoms with Gasteiger partial charge in [0.05, 0.1) is 17.2 Å². The van der Waals surface area contributed by atoms with Crippen LogP contribution in [0.15, 0.2) is 42.5 Å². The first-order chi connectivity index (χ1) is 16.7. The number of hydrogen-bond acceptors (Lipinski definition) is 5. The Kier molecular flexibility index (Phi) is 6.95. The summed E-state index contributed by atoms with van der Waals surface area (Å²) < 4.78 is 25.0. The van der Waals surface area contributed by atoms with E-state index < -0.39 is 17.7 Å². The van der Waals surface area contributed by atoms with E-state index in [0.717, 1.165) is 17.5 Å². The largest absolute Gasteiger partial charge is 0.497 e. The molecule has 1 aliphatic rings. The van der Waals surface area contributed by atoms with Gasteiger partial charge in [-0.05, 0) is 66.8 Å². The zero-order valence-electron chi connectivity index (χ0n) is 18.3. The van der Waals surface area contributed by atoms with E-state index in [1.54, 1.807) is 12.1 Å². The number of carboxylic acids is 1. The van der Waals surface area contributed by atoms with Crippen LogP contribution in [0.4, 0.5) is 10.1 Å². The van der Waals surface area contributed by atoms with Crippen LogP contribution in [0, 0.1) is 5.82 Å². The van der Waals surface area contributed by atoms with Crippen molar-refractivity contribution in [2.45, 2.75) is 19.3 Å². The lowest BCUT2D eigenvalue weighted by atomic mass is 9.95. The highest BCUT2D eigenvalue weighted by molar-refractivity contribution is 6.39. The fourth-order valence-electron chi connectivity index (χ4n) is 3.97. The summed E-state index contributed by atoms with van der Waals surface area (Å²) in [4.78, 5) is 35.3. The van der Waals surface area contributed by atoms with E-state index in [2.05, 4.69) is 5.32 Å². The minimum absolute atomic E-state index is 0.0527. The standard InChI is InChI=1S/C25H18Cl2FNO6/c1-34-15-8-12(7-13(28)9-15)22(30)18-5-6-21(17-4-2-3-16(17)18)35-23-19(26)10-14(11-20(23)27)29-24(31)25(32)33/h5-11H,2-4H2,1H3,(H,29,31)(H,32,33). The second-order valence-corrected chi connectivity index (χ2v) is 8.58. The predicted octanol–water partition coefficient (Wildman–Crippen LogP) is 5.68. The Morgan fingerprint density at radius 3 is 2.34 bits per heavy atom. The van der Waals surface area contributed by atoms with Gasteiger partial charge in [-0.2, -0.15) is 0 Å². The zero-order chi connectivity index (χ0) is 25.3. The number of fused-ring (bicyclic) bond motifs is 1. The highest BCUT2D eigenvalue weighted by atomic mass is 35.5. The maximum absolute atomic E-state index is 14.0. The molecule has 180 valence electrons. The lowest BCUT2D eigenvalue weighted by Gasteiger charge is -2.16. The fourth-order valence-corrected chi connectivity index (χ4v) is 4.54. The van der Waals surface area contributed by atoms with E-state index >= 15 is 0 Å². The number of amides is 1. The number of methoxy groups -OCH3 is 1. The van der Waals surface area contributed by atoms with Gasteiger partial charge in [0.25, 0.3) is 0 Å². The first kappa shape index (κ1) is 24.5. The molecule has 7 nitrogen and oxygen atoms in total. The molecule has 3 aromatic rings. The van der Waals surface area contributed by atoms with Crippen LogP contribution in [0.1, 0.15) is 33.5 Å². The van der Waals surface area contributed by atoms with Crippen LogP contribution in [0.25, 0.3) is 0 Å². The molecule has 0 bridgehead atoms. The Labute approximate surface area is 209 Å². The van der Waals surface area contributed by atoms with E-state index in [1.807, 2.05) is 0 Å². The lowest BCUT2D eigenvalue weighted by molar-refractivity contribution is -0.147. The van der Waals surface area contributed by atoms with Gasteiger partial charge in [0, 0.05) is 22.9 Å². The summed E-state index contributed by atoms with van der Waals surface area (Å²) in [5.41, 5.74) is 2.33. The molecule has 0 saturated carbocycles. The number of carbonyl (C=O) groups excluding carboxylic acids is 2. The van der Waals surface area contributed by atoms with Gasteiger partial charge in [-0.25, -0.2) is 9.18 Å². The molecule has 0 aliphatic heterocycles. The Morgan fingerprint density at radius 2 is 1.69 bits per heavy atom. The molecule has 0 atom stereocenters. The van der Waals surface area contributed by atoms with Gasteiger partial charge in [-0.15, -0.1) is 0 Å². The van der Waals surface area contributed by atoms with Gasteiger partial charge in [0.15, 0.2) is 11.5 Å². The van der Waals surface area contributed by atoms with Crippen molar-refractivity contribution < 1.29 is 33.4 Å². The average molecular weight is 518 g/mol. The molecule has 0 fully saturated rings. The number of aliphatic carboxylic acids is 1. The zero-order valence-corrected chi connectivity index (χ0v) is 19.8. The number of carboxylic acid groups (broad SMARTS) is 1. The first-order valence-electron chi connectivity index (χ1n) is 10.4. The number of rotatable bonds is 6. The normalized spacial score (nSPS) is 12.1. The van der Waals surface area contributed by atoms with Crippen molar-refractivity contribution >= 4 is 46.5 Å². The number of nitrogens with one attached hydrogen (secondary N) is 1. The Balaban J connectivity index is 1.66. The molecule has 35 heavy (non-hydrogen) atoms. The molecule has 3 aromatic carbocycles. The second kappa shape index (κ2) is 9.93. The number of benzene rings is 3. The number of ketones is 1. The van der Waals surface area contributed by atoms with Crippen LogP contribution in [0.5, 0.6) is 17.2 Å². The minimum Gasteiger partial charge on any atom is -0.497 e. The fraction of sp³-hybridized carbons (Fsp3) is 0.160. The molecule has 1 aliphatic carbocycles. The topological polar surface area (TPSA) is 102 Å². The van der Waals surface area contributed by atoms with Gasteiger partial charge >= 0.3 is 11.9 Å².